The van der Waals surface area contributed by atoms with Gasteiger partial charge in [-0.1, -0.05) is 32.0 Å². The van der Waals surface area contributed by atoms with Crippen LogP contribution in [-0.4, -0.2) is 9.76 Å². The minimum Gasteiger partial charge on any atom is -0.549 e. The standard InChI is InChI=1S/C9H14OSi/c1-8(2)11-10-9-6-4-3-5-7-9/h3-8H,11H2,1-2H3. The molecule has 0 fully saturated rings. The molecule has 0 aliphatic heterocycles. The third-order valence-corrected chi connectivity index (χ3v) is 2.49. The van der Waals surface area contributed by atoms with Crippen LogP contribution in [-0.2, 0) is 0 Å². The summed E-state index contributed by atoms with van der Waals surface area (Å²) >= 11 is 0. The van der Waals surface area contributed by atoms with Crippen molar-refractivity contribution in [2.45, 2.75) is 19.4 Å². The van der Waals surface area contributed by atoms with Gasteiger partial charge in [0.2, 0.25) is 9.76 Å². The van der Waals surface area contributed by atoms with Gasteiger partial charge in [0.1, 0.15) is 5.75 Å². The Kier molecular flexibility index (Phi) is 3.17. The number of para-hydroxylation sites is 1. The Bertz CT molecular complexity index is 196. The predicted molar refractivity (Wildman–Crippen MR) is 50.7 cm³/mol. The lowest BCUT2D eigenvalue weighted by Gasteiger charge is -2.06. The highest BCUT2D eigenvalue weighted by Gasteiger charge is 1.95. The largest absolute Gasteiger partial charge is 0.549 e. The number of hydrogen-bond donors (Lipinski definition) is 0. The van der Waals surface area contributed by atoms with Crippen LogP contribution in [0.15, 0.2) is 30.3 Å². The molecule has 1 aromatic rings. The maximum absolute atomic E-state index is 5.61. The number of hydrogen-bond acceptors (Lipinski definition) is 1. The average molecular weight is 166 g/mol. The molecule has 0 amide bonds. The van der Waals surface area contributed by atoms with Gasteiger partial charge in [-0.2, -0.15) is 0 Å². The van der Waals surface area contributed by atoms with Crippen molar-refractivity contribution in [3.05, 3.63) is 30.3 Å². The van der Waals surface area contributed by atoms with Crippen LogP contribution in [0.25, 0.3) is 0 Å². The van der Waals surface area contributed by atoms with Gasteiger partial charge in [0.25, 0.3) is 0 Å². The van der Waals surface area contributed by atoms with E-state index in [1.165, 1.54) is 0 Å². The summed E-state index contributed by atoms with van der Waals surface area (Å²) in [5, 5.41) is 0. The second-order valence-corrected chi connectivity index (χ2v) is 5.27. The van der Waals surface area contributed by atoms with E-state index in [2.05, 4.69) is 13.8 Å². The molecule has 0 heterocycles. The zero-order chi connectivity index (χ0) is 8.10. The van der Waals surface area contributed by atoms with Gasteiger partial charge in [-0.25, -0.2) is 0 Å². The fourth-order valence-corrected chi connectivity index (χ4v) is 1.50. The fraction of sp³-hybridized carbons (Fsp3) is 0.333. The van der Waals surface area contributed by atoms with Gasteiger partial charge in [0.05, 0.1) is 0 Å². The first kappa shape index (κ1) is 8.33. The van der Waals surface area contributed by atoms with E-state index in [0.29, 0.717) is 0 Å². The van der Waals surface area contributed by atoms with Gasteiger partial charge in [-0.15, -0.1) is 0 Å². The first-order chi connectivity index (χ1) is 5.29. The van der Waals surface area contributed by atoms with Crippen molar-refractivity contribution < 1.29 is 4.43 Å². The van der Waals surface area contributed by atoms with E-state index in [9.17, 15) is 0 Å². The Hall–Kier alpha value is -0.763. The van der Waals surface area contributed by atoms with Crippen LogP contribution in [0.1, 0.15) is 13.8 Å². The first-order valence-electron chi connectivity index (χ1n) is 3.97. The topological polar surface area (TPSA) is 9.23 Å². The van der Waals surface area contributed by atoms with E-state index in [0.717, 1.165) is 11.3 Å². The Morgan fingerprint density at radius 2 is 1.82 bits per heavy atom. The summed E-state index contributed by atoms with van der Waals surface area (Å²) in [6, 6.07) is 10.0. The molecule has 0 atom stereocenters. The smallest absolute Gasteiger partial charge is 0.222 e. The van der Waals surface area contributed by atoms with Gasteiger partial charge < -0.3 is 4.43 Å². The van der Waals surface area contributed by atoms with Gasteiger partial charge in [-0.05, 0) is 17.7 Å². The van der Waals surface area contributed by atoms with Crippen LogP contribution >= 0.6 is 0 Å². The van der Waals surface area contributed by atoms with Crippen LogP contribution in [0.5, 0.6) is 5.75 Å². The summed E-state index contributed by atoms with van der Waals surface area (Å²) < 4.78 is 5.61. The van der Waals surface area contributed by atoms with Crippen molar-refractivity contribution in [3.63, 3.8) is 0 Å². The molecule has 1 nitrogen and oxygen atoms in total. The maximum atomic E-state index is 5.61. The quantitative estimate of drug-likeness (QED) is 0.624. The summed E-state index contributed by atoms with van der Waals surface area (Å²) in [5.74, 6) is 1.02. The van der Waals surface area contributed by atoms with Crippen LogP contribution in [0.2, 0.25) is 5.54 Å². The summed E-state index contributed by atoms with van der Waals surface area (Å²) in [6.45, 7) is 4.41. The van der Waals surface area contributed by atoms with Crippen LogP contribution in [0.4, 0.5) is 0 Å². The lowest BCUT2D eigenvalue weighted by atomic mass is 10.3. The van der Waals surface area contributed by atoms with Crippen LogP contribution in [0, 0.1) is 0 Å². The molecule has 1 aromatic carbocycles. The summed E-state index contributed by atoms with van der Waals surface area (Å²) in [5.41, 5.74) is 0.732. The van der Waals surface area contributed by atoms with Crippen molar-refractivity contribution >= 4 is 9.76 Å². The number of rotatable bonds is 3. The first-order valence-corrected chi connectivity index (χ1v) is 5.36. The van der Waals surface area contributed by atoms with Crippen molar-refractivity contribution in [2.75, 3.05) is 0 Å². The zero-order valence-electron chi connectivity index (χ0n) is 7.08. The minimum atomic E-state index is -0.352. The Balaban J connectivity index is 2.39. The van der Waals surface area contributed by atoms with E-state index >= 15 is 0 Å². The second-order valence-electron chi connectivity index (χ2n) is 3.02. The number of benzene rings is 1. The van der Waals surface area contributed by atoms with E-state index in [-0.39, 0.29) is 9.76 Å². The second kappa shape index (κ2) is 4.19. The Morgan fingerprint density at radius 3 is 2.36 bits per heavy atom. The Morgan fingerprint density at radius 1 is 1.18 bits per heavy atom. The monoisotopic (exact) mass is 166 g/mol. The molecule has 0 radical (unpaired) electrons. The van der Waals surface area contributed by atoms with E-state index < -0.39 is 0 Å². The SMILES string of the molecule is CC(C)[SiH2]Oc1ccccc1. The molecule has 0 spiro atoms. The normalized spacial score (nSPS) is 11.2. The third kappa shape index (κ3) is 3.23. The molecule has 0 aliphatic rings. The molecular formula is C9H14OSi. The highest BCUT2D eigenvalue weighted by atomic mass is 28.2. The molecule has 11 heavy (non-hydrogen) atoms. The molecule has 0 N–H and O–H groups in total. The molecule has 60 valence electrons. The molecule has 0 unspecified atom stereocenters. The lowest BCUT2D eigenvalue weighted by molar-refractivity contribution is 0.581. The highest BCUT2D eigenvalue weighted by Crippen LogP contribution is 2.09. The molecule has 0 bridgehead atoms. The van der Waals surface area contributed by atoms with Gasteiger partial charge >= 0.3 is 0 Å². The highest BCUT2D eigenvalue weighted by molar-refractivity contribution is 6.30. The molecule has 1 rings (SSSR count). The molecule has 0 saturated carbocycles. The molecule has 0 aromatic heterocycles. The summed E-state index contributed by atoms with van der Waals surface area (Å²) in [7, 11) is -0.352. The average Bonchev–Trinajstić information content (AvgIpc) is 2.03. The van der Waals surface area contributed by atoms with Gasteiger partial charge in [-0.3, -0.25) is 0 Å². The van der Waals surface area contributed by atoms with Gasteiger partial charge in [0, 0.05) is 0 Å². The van der Waals surface area contributed by atoms with Crippen molar-refractivity contribution in [3.8, 4) is 5.75 Å². The summed E-state index contributed by atoms with van der Waals surface area (Å²) in [4.78, 5) is 0. The Labute approximate surface area is 70.3 Å². The van der Waals surface area contributed by atoms with Crippen LogP contribution in [0.3, 0.4) is 0 Å². The minimum absolute atomic E-state index is 0.352. The van der Waals surface area contributed by atoms with Crippen LogP contribution < -0.4 is 4.43 Å². The summed E-state index contributed by atoms with van der Waals surface area (Å²) in [6.07, 6.45) is 0. The van der Waals surface area contributed by atoms with Gasteiger partial charge in [0.15, 0.2) is 0 Å². The van der Waals surface area contributed by atoms with Crippen molar-refractivity contribution in [1.29, 1.82) is 0 Å². The zero-order valence-corrected chi connectivity index (χ0v) is 8.49. The molecule has 0 saturated heterocycles. The molecule has 2 heteroatoms. The predicted octanol–water partition coefficient (Wildman–Crippen LogP) is 1.98. The lowest BCUT2D eigenvalue weighted by Crippen LogP contribution is -2.04. The van der Waals surface area contributed by atoms with E-state index in [4.69, 9.17) is 4.43 Å². The fourth-order valence-electron chi connectivity index (χ4n) is 0.780. The van der Waals surface area contributed by atoms with Crippen molar-refractivity contribution in [2.24, 2.45) is 0 Å². The molecule has 0 aliphatic carbocycles. The van der Waals surface area contributed by atoms with E-state index in [1.807, 2.05) is 30.3 Å². The maximum Gasteiger partial charge on any atom is 0.222 e. The van der Waals surface area contributed by atoms with Crippen molar-refractivity contribution in [1.82, 2.24) is 0 Å². The molecular weight excluding hydrogens is 152 g/mol. The van der Waals surface area contributed by atoms with E-state index in [1.54, 1.807) is 0 Å². The third-order valence-electron chi connectivity index (χ3n) is 1.33.